The van der Waals surface area contributed by atoms with Gasteiger partial charge in [0.25, 0.3) is 0 Å². The molecule has 2 fully saturated rings. The summed E-state index contributed by atoms with van der Waals surface area (Å²) in [5.41, 5.74) is 6.67. The highest BCUT2D eigenvalue weighted by molar-refractivity contribution is 5.97. The summed E-state index contributed by atoms with van der Waals surface area (Å²) in [5.74, 6) is 0.565. The molecule has 0 spiro atoms. The van der Waals surface area contributed by atoms with E-state index in [1.807, 2.05) is 0 Å². The van der Waals surface area contributed by atoms with Gasteiger partial charge in [0.05, 0.1) is 16.9 Å². The molecule has 2 saturated carbocycles. The minimum atomic E-state index is -1.03. The number of carboxylic acid groups (broad SMARTS) is 1. The summed E-state index contributed by atoms with van der Waals surface area (Å²) in [6.07, 6.45) is 3.23. The second-order valence-corrected chi connectivity index (χ2v) is 5.52. The molecular weight excluding hydrogens is 244 g/mol. The highest BCUT2D eigenvalue weighted by Crippen LogP contribution is 2.54. The Kier molecular flexibility index (Phi) is 2.69. The van der Waals surface area contributed by atoms with Crippen LogP contribution in [0.15, 0.2) is 18.2 Å². The van der Waals surface area contributed by atoms with Gasteiger partial charge in [-0.3, -0.25) is 4.79 Å². The minimum absolute atomic E-state index is 0.00183. The van der Waals surface area contributed by atoms with Crippen molar-refractivity contribution in [3.8, 4) is 0 Å². The van der Waals surface area contributed by atoms with E-state index in [2.05, 4.69) is 5.32 Å². The van der Waals surface area contributed by atoms with E-state index in [0.717, 1.165) is 24.7 Å². The molecule has 2 aliphatic rings. The van der Waals surface area contributed by atoms with Crippen molar-refractivity contribution in [2.45, 2.75) is 19.3 Å². The number of aromatic carboxylic acids is 1. The zero-order valence-electron chi connectivity index (χ0n) is 10.4. The van der Waals surface area contributed by atoms with E-state index in [1.165, 1.54) is 18.6 Å². The Morgan fingerprint density at radius 2 is 1.89 bits per heavy atom. The Bertz CT molecular complexity index is 546. The number of nitrogens with one attached hydrogen (secondary N) is 1. The molecule has 0 bridgehead atoms. The maximum absolute atomic E-state index is 12.1. The molecule has 5 nitrogen and oxygen atoms in total. The number of fused-ring (bicyclic) bond motifs is 1. The number of nitrogens with two attached hydrogens (primary N) is 1. The fourth-order valence-corrected chi connectivity index (χ4v) is 2.97. The third-order valence-electron chi connectivity index (χ3n) is 4.17. The number of carboxylic acids is 1. The fraction of sp³-hybridized carbons (Fsp3) is 0.429. The summed E-state index contributed by atoms with van der Waals surface area (Å²) in [6.45, 7) is 0. The summed E-state index contributed by atoms with van der Waals surface area (Å²) in [4.78, 5) is 22.9. The highest BCUT2D eigenvalue weighted by Gasteiger charge is 2.48. The number of carbonyl (C=O) groups is 2. The minimum Gasteiger partial charge on any atom is -0.478 e. The first kappa shape index (κ1) is 12.0. The van der Waals surface area contributed by atoms with E-state index in [4.69, 9.17) is 10.8 Å². The third-order valence-corrected chi connectivity index (χ3v) is 4.17. The van der Waals surface area contributed by atoms with Crippen molar-refractivity contribution >= 4 is 23.3 Å². The Morgan fingerprint density at radius 1 is 1.21 bits per heavy atom. The number of rotatable bonds is 3. The molecule has 0 radical (unpaired) electrons. The summed E-state index contributed by atoms with van der Waals surface area (Å²) in [5, 5.41) is 11.6. The average Bonchev–Trinajstić information content (AvgIpc) is 2.98. The van der Waals surface area contributed by atoms with Crippen LogP contribution < -0.4 is 11.1 Å². The lowest BCUT2D eigenvalue weighted by molar-refractivity contribution is -0.120. The quantitative estimate of drug-likeness (QED) is 0.724. The van der Waals surface area contributed by atoms with E-state index >= 15 is 0 Å². The highest BCUT2D eigenvalue weighted by atomic mass is 16.4. The van der Waals surface area contributed by atoms with Crippen LogP contribution >= 0.6 is 0 Å². The normalized spacial score (nSPS) is 27.7. The molecule has 19 heavy (non-hydrogen) atoms. The molecule has 2 unspecified atom stereocenters. The SMILES string of the molecule is Nc1cc(C(=O)O)ccc1NC(=O)C1CC2CC2C1. The van der Waals surface area contributed by atoms with Crippen molar-refractivity contribution in [2.24, 2.45) is 17.8 Å². The zero-order valence-corrected chi connectivity index (χ0v) is 10.4. The molecule has 1 aromatic carbocycles. The van der Waals surface area contributed by atoms with Gasteiger partial charge in [-0.25, -0.2) is 4.79 Å². The van der Waals surface area contributed by atoms with Crippen LogP contribution in [0, 0.1) is 17.8 Å². The van der Waals surface area contributed by atoms with Crippen molar-refractivity contribution in [3.63, 3.8) is 0 Å². The predicted molar refractivity (Wildman–Crippen MR) is 70.8 cm³/mol. The van der Waals surface area contributed by atoms with Gasteiger partial charge in [-0.2, -0.15) is 0 Å². The van der Waals surface area contributed by atoms with Crippen molar-refractivity contribution in [2.75, 3.05) is 11.1 Å². The van der Waals surface area contributed by atoms with Gasteiger partial charge in [-0.1, -0.05) is 0 Å². The predicted octanol–water partition coefficient (Wildman–Crippen LogP) is 1.95. The van der Waals surface area contributed by atoms with Gasteiger partial charge in [0.1, 0.15) is 0 Å². The second kappa shape index (κ2) is 4.26. The summed E-state index contributed by atoms with van der Waals surface area (Å²) < 4.78 is 0. The van der Waals surface area contributed by atoms with Gasteiger partial charge < -0.3 is 16.2 Å². The molecule has 0 aromatic heterocycles. The van der Waals surface area contributed by atoms with Gasteiger partial charge in [0.15, 0.2) is 0 Å². The Labute approximate surface area is 110 Å². The van der Waals surface area contributed by atoms with E-state index in [0.29, 0.717) is 5.69 Å². The smallest absolute Gasteiger partial charge is 0.335 e. The van der Waals surface area contributed by atoms with Gasteiger partial charge in [-0.05, 0) is 49.3 Å². The lowest BCUT2D eigenvalue weighted by atomic mass is 10.0. The summed E-state index contributed by atoms with van der Waals surface area (Å²) in [6, 6.07) is 4.36. The first-order valence-corrected chi connectivity index (χ1v) is 6.48. The molecule has 100 valence electrons. The van der Waals surface area contributed by atoms with Gasteiger partial charge >= 0.3 is 5.97 Å². The molecule has 2 atom stereocenters. The van der Waals surface area contributed by atoms with Crippen LogP contribution in [-0.2, 0) is 4.79 Å². The number of benzene rings is 1. The molecule has 5 heteroatoms. The van der Waals surface area contributed by atoms with Crippen molar-refractivity contribution in [1.29, 1.82) is 0 Å². The summed E-state index contributed by atoms with van der Waals surface area (Å²) >= 11 is 0. The first-order valence-electron chi connectivity index (χ1n) is 6.48. The molecule has 0 aliphatic heterocycles. The first-order chi connectivity index (χ1) is 9.04. The van der Waals surface area contributed by atoms with Crippen molar-refractivity contribution in [1.82, 2.24) is 0 Å². The summed E-state index contributed by atoms with van der Waals surface area (Å²) in [7, 11) is 0. The number of amides is 1. The van der Waals surface area contributed by atoms with Crippen LogP contribution in [0.3, 0.4) is 0 Å². The number of carbonyl (C=O) groups excluding carboxylic acids is 1. The fourth-order valence-electron chi connectivity index (χ4n) is 2.97. The van der Waals surface area contributed by atoms with E-state index in [-0.39, 0.29) is 23.1 Å². The average molecular weight is 260 g/mol. The van der Waals surface area contributed by atoms with Crippen LogP contribution in [0.5, 0.6) is 0 Å². The number of hydrogen-bond acceptors (Lipinski definition) is 3. The molecule has 2 aliphatic carbocycles. The molecule has 4 N–H and O–H groups in total. The monoisotopic (exact) mass is 260 g/mol. The molecule has 0 heterocycles. The van der Waals surface area contributed by atoms with Crippen molar-refractivity contribution < 1.29 is 14.7 Å². The maximum Gasteiger partial charge on any atom is 0.335 e. The van der Waals surface area contributed by atoms with Gasteiger partial charge in [-0.15, -0.1) is 0 Å². The van der Waals surface area contributed by atoms with E-state index in [9.17, 15) is 9.59 Å². The molecular formula is C14H16N2O3. The number of hydrogen-bond donors (Lipinski definition) is 3. The Morgan fingerprint density at radius 3 is 2.47 bits per heavy atom. The lowest BCUT2D eigenvalue weighted by Crippen LogP contribution is -2.22. The van der Waals surface area contributed by atoms with Crippen LogP contribution in [-0.4, -0.2) is 17.0 Å². The molecule has 1 amide bonds. The van der Waals surface area contributed by atoms with Gasteiger partial charge in [0.2, 0.25) is 5.91 Å². The van der Waals surface area contributed by atoms with E-state index in [1.54, 1.807) is 6.07 Å². The number of nitrogen functional groups attached to an aromatic ring is 1. The lowest BCUT2D eigenvalue weighted by Gasteiger charge is -2.14. The van der Waals surface area contributed by atoms with Crippen molar-refractivity contribution in [3.05, 3.63) is 23.8 Å². The van der Waals surface area contributed by atoms with Crippen LogP contribution in [0.4, 0.5) is 11.4 Å². The largest absolute Gasteiger partial charge is 0.478 e. The molecule has 1 aromatic rings. The Balaban J connectivity index is 1.69. The zero-order chi connectivity index (χ0) is 13.6. The Hall–Kier alpha value is -2.04. The van der Waals surface area contributed by atoms with Crippen LogP contribution in [0.25, 0.3) is 0 Å². The standard InChI is InChI=1S/C14H16N2O3/c15-11-6-7(14(18)19)1-2-12(11)16-13(17)10-4-8-3-9(8)5-10/h1-2,6,8-10H,3-5,15H2,(H,16,17)(H,18,19). The topological polar surface area (TPSA) is 92.4 Å². The van der Waals surface area contributed by atoms with Crippen LogP contribution in [0.1, 0.15) is 29.6 Å². The third kappa shape index (κ3) is 2.28. The van der Waals surface area contributed by atoms with E-state index < -0.39 is 5.97 Å². The number of anilines is 2. The second-order valence-electron chi connectivity index (χ2n) is 5.52. The maximum atomic E-state index is 12.1. The van der Waals surface area contributed by atoms with Gasteiger partial charge in [0, 0.05) is 5.92 Å². The molecule has 0 saturated heterocycles. The molecule has 3 rings (SSSR count). The van der Waals surface area contributed by atoms with Crippen LogP contribution in [0.2, 0.25) is 0 Å².